The van der Waals surface area contributed by atoms with E-state index in [1.807, 2.05) is 6.07 Å². The first-order valence-electron chi connectivity index (χ1n) is 4.97. The van der Waals surface area contributed by atoms with Crippen LogP contribution in [-0.2, 0) is 4.74 Å². The zero-order valence-corrected chi connectivity index (χ0v) is 11.3. The maximum absolute atomic E-state index is 11.1. The average Bonchev–Trinajstić information content (AvgIpc) is 2.34. The largest absolute Gasteiger partial charge is 0.465 e. The van der Waals surface area contributed by atoms with Crippen LogP contribution in [0.25, 0.3) is 0 Å². The molecule has 0 aromatic heterocycles. The molecule has 1 aromatic carbocycles. The van der Waals surface area contributed by atoms with E-state index >= 15 is 0 Å². The van der Waals surface area contributed by atoms with Gasteiger partial charge in [0.1, 0.15) is 12.7 Å². The molecule has 0 saturated carbocycles. The standard InChI is InChI=1S/C12H12INO3/c13-7-4-9-17-10-8-14(12(15)16)11-5-2-1-3-6-11/h1-3,5-6H,7-8,10H2,(H,15,16). The zero-order chi connectivity index (χ0) is 12.5. The molecular weight excluding hydrogens is 333 g/mol. The van der Waals surface area contributed by atoms with E-state index in [4.69, 9.17) is 9.84 Å². The first-order chi connectivity index (χ1) is 8.25. The van der Waals surface area contributed by atoms with Crippen molar-refractivity contribution in [2.45, 2.75) is 0 Å². The van der Waals surface area contributed by atoms with Crippen LogP contribution in [-0.4, -0.2) is 28.8 Å². The molecule has 17 heavy (non-hydrogen) atoms. The van der Waals surface area contributed by atoms with Crippen molar-refractivity contribution in [3.05, 3.63) is 30.3 Å². The van der Waals surface area contributed by atoms with Crippen molar-refractivity contribution in [2.24, 2.45) is 0 Å². The molecule has 0 unspecified atom stereocenters. The molecule has 0 spiro atoms. The van der Waals surface area contributed by atoms with Crippen molar-refractivity contribution in [3.8, 4) is 12.0 Å². The Balaban J connectivity index is 2.54. The highest BCUT2D eigenvalue weighted by Gasteiger charge is 2.13. The van der Waals surface area contributed by atoms with Gasteiger partial charge in [-0.3, -0.25) is 4.90 Å². The summed E-state index contributed by atoms with van der Waals surface area (Å²) in [5.74, 6) is 2.74. The summed E-state index contributed by atoms with van der Waals surface area (Å²) in [6, 6.07) is 8.91. The Hall–Kier alpha value is -1.42. The highest BCUT2D eigenvalue weighted by Crippen LogP contribution is 2.12. The van der Waals surface area contributed by atoms with Gasteiger partial charge in [-0.25, -0.2) is 4.79 Å². The zero-order valence-electron chi connectivity index (χ0n) is 9.10. The summed E-state index contributed by atoms with van der Waals surface area (Å²) in [6.45, 7) is 0.514. The monoisotopic (exact) mass is 345 g/mol. The number of rotatable bonds is 4. The number of nitrogens with zero attached hydrogens (tertiary/aromatic N) is 1. The highest BCUT2D eigenvalue weighted by molar-refractivity contribution is 14.1. The molecule has 0 radical (unpaired) electrons. The number of hydrogen-bond donors (Lipinski definition) is 1. The number of halogens is 1. The van der Waals surface area contributed by atoms with Crippen molar-refractivity contribution in [3.63, 3.8) is 0 Å². The normalized spacial score (nSPS) is 9.00. The van der Waals surface area contributed by atoms with Crippen LogP contribution < -0.4 is 4.90 Å². The number of amides is 1. The Morgan fingerprint density at radius 3 is 2.71 bits per heavy atom. The maximum atomic E-state index is 11.1. The first-order valence-corrected chi connectivity index (χ1v) is 6.49. The molecule has 90 valence electrons. The molecule has 1 amide bonds. The second kappa shape index (κ2) is 7.79. The Morgan fingerprint density at radius 2 is 2.12 bits per heavy atom. The molecule has 0 saturated heterocycles. The molecule has 4 nitrogen and oxygen atoms in total. The van der Waals surface area contributed by atoms with Crippen LogP contribution in [0.1, 0.15) is 0 Å². The number of carbonyl (C=O) groups is 1. The predicted molar refractivity (Wildman–Crippen MR) is 74.4 cm³/mol. The van der Waals surface area contributed by atoms with Crippen molar-refractivity contribution in [1.29, 1.82) is 0 Å². The average molecular weight is 345 g/mol. The number of anilines is 1. The van der Waals surface area contributed by atoms with Gasteiger partial charge >= 0.3 is 6.09 Å². The molecular formula is C12H12INO3. The van der Waals surface area contributed by atoms with Gasteiger partial charge in [-0.1, -0.05) is 40.8 Å². The van der Waals surface area contributed by atoms with Crippen LogP contribution in [0.2, 0.25) is 0 Å². The van der Waals surface area contributed by atoms with Crippen LogP contribution in [0.3, 0.4) is 0 Å². The van der Waals surface area contributed by atoms with E-state index in [0.717, 1.165) is 0 Å². The lowest BCUT2D eigenvalue weighted by atomic mass is 10.3. The molecule has 0 bridgehead atoms. The number of carboxylic acid groups (broad SMARTS) is 1. The number of alkyl halides is 1. The van der Waals surface area contributed by atoms with Gasteiger partial charge in [-0.15, -0.1) is 0 Å². The van der Waals surface area contributed by atoms with Gasteiger partial charge in [0.25, 0.3) is 0 Å². The van der Waals surface area contributed by atoms with E-state index in [1.165, 1.54) is 4.90 Å². The number of para-hydroxylation sites is 1. The van der Waals surface area contributed by atoms with Crippen molar-refractivity contribution < 1.29 is 14.6 Å². The number of benzene rings is 1. The van der Waals surface area contributed by atoms with Gasteiger partial charge in [0.15, 0.2) is 0 Å². The smallest absolute Gasteiger partial charge is 0.411 e. The maximum Gasteiger partial charge on any atom is 0.411 e. The van der Waals surface area contributed by atoms with Crippen LogP contribution in [0, 0.1) is 12.0 Å². The van der Waals surface area contributed by atoms with E-state index in [-0.39, 0.29) is 13.2 Å². The lowest BCUT2D eigenvalue weighted by Gasteiger charge is -2.18. The third kappa shape index (κ3) is 4.95. The summed E-state index contributed by atoms with van der Waals surface area (Å²) in [5.41, 5.74) is 0.630. The van der Waals surface area contributed by atoms with Gasteiger partial charge in [0.2, 0.25) is 0 Å². The fraction of sp³-hybridized carbons (Fsp3) is 0.250. The molecule has 1 aromatic rings. The fourth-order valence-corrected chi connectivity index (χ4v) is 1.37. The fourth-order valence-electron chi connectivity index (χ4n) is 1.21. The lowest BCUT2D eigenvalue weighted by Crippen LogP contribution is -2.32. The summed E-state index contributed by atoms with van der Waals surface area (Å²) in [6.07, 6.45) is 1.51. The van der Waals surface area contributed by atoms with Crippen molar-refractivity contribution in [2.75, 3.05) is 22.5 Å². The third-order valence-electron chi connectivity index (χ3n) is 1.93. The van der Waals surface area contributed by atoms with Crippen molar-refractivity contribution in [1.82, 2.24) is 0 Å². The second-order valence-electron chi connectivity index (χ2n) is 3.03. The minimum absolute atomic E-state index is 0.255. The number of ether oxygens (including phenoxy) is 1. The van der Waals surface area contributed by atoms with E-state index in [2.05, 4.69) is 34.6 Å². The number of hydrogen-bond acceptors (Lipinski definition) is 2. The van der Waals surface area contributed by atoms with E-state index in [1.54, 1.807) is 24.3 Å². The Morgan fingerprint density at radius 1 is 1.41 bits per heavy atom. The summed E-state index contributed by atoms with van der Waals surface area (Å²) in [5, 5.41) is 9.06. The van der Waals surface area contributed by atoms with E-state index < -0.39 is 6.09 Å². The Bertz CT molecular complexity index is 411. The Kier molecular flexibility index (Phi) is 6.25. The minimum atomic E-state index is -0.998. The SMILES string of the molecule is O=C(O)N(CCOC#CCI)c1ccccc1. The molecule has 0 atom stereocenters. The molecule has 5 heteroatoms. The second-order valence-corrected chi connectivity index (χ2v) is 3.79. The Labute approximate surface area is 114 Å². The van der Waals surface area contributed by atoms with Crippen molar-refractivity contribution >= 4 is 34.4 Å². The lowest BCUT2D eigenvalue weighted by molar-refractivity contribution is 0.198. The molecule has 1 rings (SSSR count). The molecule has 0 fully saturated rings. The van der Waals surface area contributed by atoms with Crippen LogP contribution >= 0.6 is 22.6 Å². The van der Waals surface area contributed by atoms with E-state index in [9.17, 15) is 4.79 Å². The quantitative estimate of drug-likeness (QED) is 0.395. The van der Waals surface area contributed by atoms with Crippen LogP contribution in [0.5, 0.6) is 0 Å². The summed E-state index contributed by atoms with van der Waals surface area (Å²) in [4.78, 5) is 12.3. The van der Waals surface area contributed by atoms with Gasteiger partial charge in [-0.2, -0.15) is 0 Å². The minimum Gasteiger partial charge on any atom is -0.465 e. The van der Waals surface area contributed by atoms with Gasteiger partial charge in [-0.05, 0) is 18.1 Å². The topological polar surface area (TPSA) is 49.8 Å². The van der Waals surface area contributed by atoms with Crippen LogP contribution in [0.15, 0.2) is 30.3 Å². The molecule has 0 heterocycles. The van der Waals surface area contributed by atoms with E-state index in [0.29, 0.717) is 10.1 Å². The van der Waals surface area contributed by atoms with Gasteiger partial charge in [0.05, 0.1) is 11.0 Å². The van der Waals surface area contributed by atoms with Crippen LogP contribution in [0.4, 0.5) is 10.5 Å². The molecule has 1 N–H and O–H groups in total. The molecule has 0 aliphatic heterocycles. The third-order valence-corrected chi connectivity index (χ3v) is 2.31. The van der Waals surface area contributed by atoms with Gasteiger partial charge in [0, 0.05) is 5.69 Å². The predicted octanol–water partition coefficient (Wildman–Crippen LogP) is 2.58. The summed E-state index contributed by atoms with van der Waals surface area (Å²) in [7, 11) is 0. The first kappa shape index (κ1) is 13.6. The molecule has 0 aliphatic carbocycles. The summed E-state index contributed by atoms with van der Waals surface area (Å²) >= 11 is 2.11. The summed E-state index contributed by atoms with van der Waals surface area (Å²) < 4.78 is 5.70. The molecule has 0 aliphatic rings. The van der Waals surface area contributed by atoms with Gasteiger partial charge < -0.3 is 9.84 Å². The highest BCUT2D eigenvalue weighted by atomic mass is 127.